The molecule has 0 aromatic carbocycles. The third-order valence-corrected chi connectivity index (χ3v) is 3.23. The van der Waals surface area contributed by atoms with Crippen LogP contribution in [0.5, 0.6) is 0 Å². The smallest absolute Gasteiger partial charge is 0.0101 e. The monoisotopic (exact) mass is 169 g/mol. The summed E-state index contributed by atoms with van der Waals surface area (Å²) in [6, 6.07) is 1.65. The van der Waals surface area contributed by atoms with Crippen molar-refractivity contribution < 1.29 is 0 Å². The first-order chi connectivity index (χ1) is 5.70. The molecule has 0 bridgehead atoms. The van der Waals surface area contributed by atoms with E-state index >= 15 is 0 Å². The van der Waals surface area contributed by atoms with E-state index in [1.807, 2.05) is 13.8 Å². The molecular formula is C11H23N. The number of hydrogen-bond donors (Lipinski definition) is 0. The molecule has 0 aromatic rings. The van der Waals surface area contributed by atoms with Crippen LogP contribution in [-0.2, 0) is 0 Å². The van der Waals surface area contributed by atoms with Crippen molar-refractivity contribution in [1.82, 2.24) is 4.90 Å². The van der Waals surface area contributed by atoms with Crippen molar-refractivity contribution in [3.05, 3.63) is 0 Å². The van der Waals surface area contributed by atoms with Gasteiger partial charge in [0.25, 0.3) is 0 Å². The highest BCUT2D eigenvalue weighted by Gasteiger charge is 2.50. The van der Waals surface area contributed by atoms with Crippen molar-refractivity contribution >= 4 is 0 Å². The zero-order valence-corrected chi connectivity index (χ0v) is 9.17. The summed E-state index contributed by atoms with van der Waals surface area (Å²) in [6.07, 6.45) is 1.52. The minimum Gasteiger partial charge on any atom is -0.298 e. The number of likely N-dealkylation sites (tertiary alicyclic amines) is 1. The fourth-order valence-electron chi connectivity index (χ4n) is 2.44. The van der Waals surface area contributed by atoms with Crippen LogP contribution in [0.3, 0.4) is 0 Å². The molecule has 1 nitrogen and oxygen atoms in total. The second-order valence-electron chi connectivity index (χ2n) is 4.19. The standard InChI is InChI=1S/C9H17N.C2H6/c1-6(2)10-5-8-4-9(8)7(10)3;1-2/h6-9H,4-5H2,1-3H3;1-2H3. The van der Waals surface area contributed by atoms with Crippen molar-refractivity contribution in [2.45, 2.75) is 53.1 Å². The molecule has 0 aromatic heterocycles. The molecule has 0 N–H and O–H groups in total. The summed E-state index contributed by atoms with van der Waals surface area (Å²) in [7, 11) is 0. The maximum atomic E-state index is 2.64. The van der Waals surface area contributed by atoms with Crippen LogP contribution in [0.25, 0.3) is 0 Å². The maximum absolute atomic E-state index is 2.64. The van der Waals surface area contributed by atoms with E-state index in [1.54, 1.807) is 0 Å². The molecule has 1 aliphatic heterocycles. The molecule has 2 rings (SSSR count). The Labute approximate surface area is 77.1 Å². The molecule has 1 heterocycles. The van der Waals surface area contributed by atoms with Crippen LogP contribution < -0.4 is 0 Å². The van der Waals surface area contributed by atoms with Crippen LogP contribution in [0, 0.1) is 11.8 Å². The molecule has 0 spiro atoms. The molecule has 3 unspecified atom stereocenters. The van der Waals surface area contributed by atoms with Gasteiger partial charge >= 0.3 is 0 Å². The molecular weight excluding hydrogens is 146 g/mol. The lowest BCUT2D eigenvalue weighted by atomic mass is 10.2. The van der Waals surface area contributed by atoms with Gasteiger partial charge in [-0.2, -0.15) is 0 Å². The van der Waals surface area contributed by atoms with E-state index in [-0.39, 0.29) is 0 Å². The van der Waals surface area contributed by atoms with Gasteiger partial charge in [0.05, 0.1) is 0 Å². The largest absolute Gasteiger partial charge is 0.298 e. The number of rotatable bonds is 1. The molecule has 2 aliphatic rings. The maximum Gasteiger partial charge on any atom is 0.0101 e. The lowest BCUT2D eigenvalue weighted by molar-refractivity contribution is 0.187. The molecule has 1 saturated carbocycles. The third-order valence-electron chi connectivity index (χ3n) is 3.23. The first kappa shape index (κ1) is 10.0. The summed E-state index contributed by atoms with van der Waals surface area (Å²) in [4.78, 5) is 2.64. The van der Waals surface area contributed by atoms with E-state index in [0.29, 0.717) is 0 Å². The van der Waals surface area contributed by atoms with Gasteiger partial charge in [0, 0.05) is 18.6 Å². The molecule has 12 heavy (non-hydrogen) atoms. The Kier molecular flexibility index (Phi) is 3.16. The van der Waals surface area contributed by atoms with Crippen molar-refractivity contribution in [3.8, 4) is 0 Å². The Morgan fingerprint density at radius 3 is 2.08 bits per heavy atom. The van der Waals surface area contributed by atoms with E-state index in [4.69, 9.17) is 0 Å². The third kappa shape index (κ3) is 1.66. The Hall–Kier alpha value is -0.0400. The molecule has 72 valence electrons. The van der Waals surface area contributed by atoms with Crippen LogP contribution in [0.2, 0.25) is 0 Å². The Morgan fingerprint density at radius 2 is 1.83 bits per heavy atom. The molecule has 3 atom stereocenters. The fourth-order valence-corrected chi connectivity index (χ4v) is 2.44. The minimum absolute atomic E-state index is 0.766. The lowest BCUT2D eigenvalue weighted by Gasteiger charge is -2.27. The molecule has 2 fully saturated rings. The second kappa shape index (κ2) is 3.78. The molecule has 1 aliphatic carbocycles. The van der Waals surface area contributed by atoms with Crippen LogP contribution in [0.15, 0.2) is 0 Å². The van der Waals surface area contributed by atoms with Gasteiger partial charge in [0.15, 0.2) is 0 Å². The van der Waals surface area contributed by atoms with Gasteiger partial charge in [-0.1, -0.05) is 13.8 Å². The summed E-state index contributed by atoms with van der Waals surface area (Å²) in [5.74, 6) is 2.15. The average Bonchev–Trinajstić information content (AvgIpc) is 2.76. The number of hydrogen-bond acceptors (Lipinski definition) is 1. The first-order valence-electron chi connectivity index (χ1n) is 5.46. The van der Waals surface area contributed by atoms with Crippen molar-refractivity contribution in [1.29, 1.82) is 0 Å². The first-order valence-corrected chi connectivity index (χ1v) is 5.46. The predicted octanol–water partition coefficient (Wildman–Crippen LogP) is 2.76. The Balaban J connectivity index is 0.000000336. The van der Waals surface area contributed by atoms with Gasteiger partial charge in [-0.05, 0) is 39.0 Å². The van der Waals surface area contributed by atoms with Crippen molar-refractivity contribution in [2.24, 2.45) is 11.8 Å². The SMILES string of the molecule is CC.CC(C)N1CC2CC2C1C. The van der Waals surface area contributed by atoms with E-state index in [2.05, 4.69) is 25.7 Å². The lowest BCUT2D eigenvalue weighted by Crippen LogP contribution is -2.36. The highest BCUT2D eigenvalue weighted by molar-refractivity contribution is 5.02. The summed E-state index contributed by atoms with van der Waals surface area (Å²) in [5.41, 5.74) is 0. The zero-order valence-electron chi connectivity index (χ0n) is 9.17. The van der Waals surface area contributed by atoms with Gasteiger partial charge in [-0.25, -0.2) is 0 Å². The normalized spacial score (nSPS) is 39.0. The highest BCUT2D eigenvalue weighted by atomic mass is 15.2. The number of nitrogens with zero attached hydrogens (tertiary/aromatic N) is 1. The van der Waals surface area contributed by atoms with Crippen molar-refractivity contribution in [3.63, 3.8) is 0 Å². The number of piperidine rings is 1. The summed E-state index contributed by atoms with van der Waals surface area (Å²) in [6.45, 7) is 12.4. The quantitative estimate of drug-likeness (QED) is 0.583. The molecule has 0 radical (unpaired) electrons. The Bertz CT molecular complexity index is 142. The summed E-state index contributed by atoms with van der Waals surface area (Å²) >= 11 is 0. The van der Waals surface area contributed by atoms with Gasteiger partial charge in [-0.15, -0.1) is 0 Å². The second-order valence-corrected chi connectivity index (χ2v) is 4.19. The van der Waals surface area contributed by atoms with E-state index in [0.717, 1.165) is 23.9 Å². The summed E-state index contributed by atoms with van der Waals surface area (Å²) in [5, 5.41) is 0. The zero-order chi connectivity index (χ0) is 9.30. The van der Waals surface area contributed by atoms with Gasteiger partial charge in [0.2, 0.25) is 0 Å². The van der Waals surface area contributed by atoms with Crippen LogP contribution in [0.4, 0.5) is 0 Å². The minimum atomic E-state index is 0.766. The van der Waals surface area contributed by atoms with Gasteiger partial charge in [0.1, 0.15) is 0 Å². The molecule has 1 saturated heterocycles. The molecule has 1 heteroatoms. The number of fused-ring (bicyclic) bond motifs is 1. The van der Waals surface area contributed by atoms with Crippen molar-refractivity contribution in [2.75, 3.05) is 6.54 Å². The van der Waals surface area contributed by atoms with E-state index < -0.39 is 0 Å². The fraction of sp³-hybridized carbons (Fsp3) is 1.00. The van der Waals surface area contributed by atoms with Gasteiger partial charge in [-0.3, -0.25) is 4.90 Å². The average molecular weight is 169 g/mol. The topological polar surface area (TPSA) is 3.24 Å². The summed E-state index contributed by atoms with van der Waals surface area (Å²) < 4.78 is 0. The predicted molar refractivity (Wildman–Crippen MR) is 54.2 cm³/mol. The van der Waals surface area contributed by atoms with Gasteiger partial charge < -0.3 is 0 Å². The van der Waals surface area contributed by atoms with E-state index in [1.165, 1.54) is 13.0 Å². The highest BCUT2D eigenvalue weighted by Crippen LogP contribution is 2.49. The van der Waals surface area contributed by atoms with E-state index in [9.17, 15) is 0 Å². The molecule has 0 amide bonds. The Morgan fingerprint density at radius 1 is 1.25 bits per heavy atom. The van der Waals surface area contributed by atoms with Crippen LogP contribution in [0.1, 0.15) is 41.0 Å². The van der Waals surface area contributed by atoms with Crippen LogP contribution in [-0.4, -0.2) is 23.5 Å². The van der Waals surface area contributed by atoms with Crippen LogP contribution >= 0.6 is 0 Å².